The highest BCUT2D eigenvalue weighted by Crippen LogP contribution is 2.24. The van der Waals surface area contributed by atoms with Gasteiger partial charge in [0.1, 0.15) is 28.5 Å². The Hall–Kier alpha value is -3.34. The van der Waals surface area contributed by atoms with Gasteiger partial charge in [-0.15, -0.1) is 0 Å². The molecule has 0 aliphatic rings. The molecule has 8 nitrogen and oxygen atoms in total. The molecule has 0 aliphatic heterocycles. The fourth-order valence-corrected chi connectivity index (χ4v) is 3.25. The van der Waals surface area contributed by atoms with Crippen molar-refractivity contribution in [1.82, 2.24) is 14.5 Å². The third-order valence-corrected chi connectivity index (χ3v) is 5.35. The monoisotopic (exact) mass is 508 g/mol. The number of nitrogens with zero attached hydrogens (tertiary/aromatic N) is 4. The van der Waals surface area contributed by atoms with Crippen molar-refractivity contribution < 1.29 is 23.0 Å². The van der Waals surface area contributed by atoms with Crippen LogP contribution in [0.3, 0.4) is 0 Å². The Labute approximate surface area is 190 Å². The van der Waals surface area contributed by atoms with E-state index < -0.39 is 17.7 Å². The third-order valence-electron chi connectivity index (χ3n) is 4.62. The zero-order chi connectivity index (χ0) is 23.4. The van der Waals surface area contributed by atoms with Crippen molar-refractivity contribution in [2.24, 2.45) is 0 Å². The molecule has 0 saturated carbocycles. The van der Waals surface area contributed by atoms with E-state index in [-0.39, 0.29) is 34.5 Å². The first-order valence-electron chi connectivity index (χ1n) is 9.30. The Balaban J connectivity index is 1.78. The van der Waals surface area contributed by atoms with Crippen molar-refractivity contribution in [2.75, 3.05) is 19.1 Å². The van der Waals surface area contributed by atoms with E-state index >= 15 is 0 Å². The second-order valence-electron chi connectivity index (χ2n) is 6.77. The summed E-state index contributed by atoms with van der Waals surface area (Å²) in [6.45, 7) is 1.67. The molecule has 32 heavy (non-hydrogen) atoms. The van der Waals surface area contributed by atoms with Gasteiger partial charge < -0.3 is 14.0 Å². The number of methoxy groups -OCH3 is 1. The number of hydrogen-bond acceptors (Lipinski definition) is 6. The minimum Gasteiger partial charge on any atom is -0.487 e. The molecular formula is C21H19BrF2N4O4. The molecule has 0 unspecified atom stereocenters. The van der Waals surface area contributed by atoms with Gasteiger partial charge in [-0.2, -0.15) is 0 Å². The SMILES string of the molecule is COC(=O)N(C)c1cnc(Cn2c(C)cc(OCc3ccc(F)cc3F)c(Br)c2=O)cn1. The summed E-state index contributed by atoms with van der Waals surface area (Å²) in [5.74, 6) is -0.888. The van der Waals surface area contributed by atoms with Gasteiger partial charge in [-0.3, -0.25) is 14.7 Å². The summed E-state index contributed by atoms with van der Waals surface area (Å²) in [6, 6.07) is 4.81. The van der Waals surface area contributed by atoms with E-state index in [2.05, 4.69) is 30.6 Å². The third kappa shape index (κ3) is 5.10. The second kappa shape index (κ2) is 9.86. The van der Waals surface area contributed by atoms with Crippen LogP contribution in [0, 0.1) is 18.6 Å². The standard InChI is InChI=1S/C21H19BrF2N4O4/c1-12-6-17(32-11-13-4-5-14(23)7-16(13)24)19(22)20(29)28(12)10-15-8-26-18(9-25-15)27(2)21(30)31-3/h4-9H,10-11H2,1-3H3. The van der Waals surface area contributed by atoms with Gasteiger partial charge in [0.25, 0.3) is 5.56 Å². The van der Waals surface area contributed by atoms with Crippen molar-refractivity contribution in [2.45, 2.75) is 20.1 Å². The molecule has 2 aromatic heterocycles. The molecule has 11 heteroatoms. The lowest BCUT2D eigenvalue weighted by molar-refractivity contribution is 0.180. The number of amides is 1. The second-order valence-corrected chi connectivity index (χ2v) is 7.57. The lowest BCUT2D eigenvalue weighted by atomic mass is 10.2. The maximum absolute atomic E-state index is 13.8. The minimum absolute atomic E-state index is 0.130. The molecular weight excluding hydrogens is 490 g/mol. The van der Waals surface area contributed by atoms with Crippen LogP contribution in [0.2, 0.25) is 0 Å². The Morgan fingerprint density at radius 2 is 1.97 bits per heavy atom. The van der Waals surface area contributed by atoms with Crippen molar-refractivity contribution in [3.05, 3.63) is 80.1 Å². The van der Waals surface area contributed by atoms with Crippen LogP contribution in [-0.4, -0.2) is 34.8 Å². The van der Waals surface area contributed by atoms with Gasteiger partial charge >= 0.3 is 6.09 Å². The Morgan fingerprint density at radius 1 is 1.22 bits per heavy atom. The highest BCUT2D eigenvalue weighted by atomic mass is 79.9. The van der Waals surface area contributed by atoms with Gasteiger partial charge in [0, 0.05) is 30.4 Å². The fourth-order valence-electron chi connectivity index (χ4n) is 2.81. The average molecular weight is 509 g/mol. The summed E-state index contributed by atoms with van der Waals surface area (Å²) in [7, 11) is 2.76. The smallest absolute Gasteiger partial charge is 0.414 e. The number of hydrogen-bond donors (Lipinski definition) is 0. The van der Waals surface area contributed by atoms with Crippen LogP contribution in [0.4, 0.5) is 19.4 Å². The molecule has 1 aromatic carbocycles. The summed E-state index contributed by atoms with van der Waals surface area (Å²) in [4.78, 5) is 34.0. The van der Waals surface area contributed by atoms with E-state index in [4.69, 9.17) is 4.74 Å². The number of carbonyl (C=O) groups is 1. The van der Waals surface area contributed by atoms with E-state index in [1.54, 1.807) is 13.0 Å². The molecule has 0 atom stereocenters. The predicted molar refractivity (Wildman–Crippen MR) is 116 cm³/mol. The number of benzene rings is 1. The zero-order valence-electron chi connectivity index (χ0n) is 17.4. The fraction of sp³-hybridized carbons (Fsp3) is 0.238. The van der Waals surface area contributed by atoms with Gasteiger partial charge in [0.2, 0.25) is 0 Å². The summed E-state index contributed by atoms with van der Waals surface area (Å²) >= 11 is 3.23. The molecule has 0 aliphatic carbocycles. The molecule has 3 aromatic rings. The van der Waals surface area contributed by atoms with E-state index in [9.17, 15) is 18.4 Å². The Morgan fingerprint density at radius 3 is 2.59 bits per heavy atom. The number of pyridine rings is 1. The maximum Gasteiger partial charge on any atom is 0.414 e. The number of halogens is 3. The van der Waals surface area contributed by atoms with Gasteiger partial charge in [0.15, 0.2) is 5.82 Å². The van der Waals surface area contributed by atoms with Crippen LogP contribution in [0.1, 0.15) is 17.0 Å². The van der Waals surface area contributed by atoms with Crippen molar-refractivity contribution in [3.8, 4) is 5.75 Å². The number of carbonyl (C=O) groups excluding carboxylic acids is 1. The van der Waals surface area contributed by atoms with Crippen LogP contribution in [0.15, 0.2) is 45.9 Å². The lowest BCUT2D eigenvalue weighted by Gasteiger charge is -2.16. The number of ether oxygens (including phenoxy) is 2. The number of aromatic nitrogens is 3. The molecule has 0 spiro atoms. The molecule has 2 heterocycles. The zero-order valence-corrected chi connectivity index (χ0v) is 19.0. The van der Waals surface area contributed by atoms with Gasteiger partial charge in [-0.05, 0) is 35.0 Å². The van der Waals surface area contributed by atoms with Gasteiger partial charge in [-0.25, -0.2) is 18.6 Å². The maximum atomic E-state index is 13.8. The topological polar surface area (TPSA) is 86.5 Å². The lowest BCUT2D eigenvalue weighted by Crippen LogP contribution is -2.27. The molecule has 0 radical (unpaired) electrons. The van der Waals surface area contributed by atoms with E-state index in [1.165, 1.54) is 42.1 Å². The summed E-state index contributed by atoms with van der Waals surface area (Å²) < 4.78 is 38.7. The summed E-state index contributed by atoms with van der Waals surface area (Å²) in [5.41, 5.74) is 0.848. The normalized spacial score (nSPS) is 10.7. The van der Waals surface area contributed by atoms with Crippen LogP contribution in [0.25, 0.3) is 0 Å². The quantitative estimate of drug-likeness (QED) is 0.503. The molecule has 0 bridgehead atoms. The molecule has 0 saturated heterocycles. The van der Waals surface area contributed by atoms with Gasteiger partial charge in [0.05, 0.1) is 31.7 Å². The highest BCUT2D eigenvalue weighted by Gasteiger charge is 2.16. The largest absolute Gasteiger partial charge is 0.487 e. The first-order chi connectivity index (χ1) is 15.2. The van der Waals surface area contributed by atoms with E-state index in [0.29, 0.717) is 17.2 Å². The molecule has 3 rings (SSSR count). The summed E-state index contributed by atoms with van der Waals surface area (Å²) in [5, 5.41) is 0. The number of aryl methyl sites for hydroxylation is 1. The minimum atomic E-state index is -0.731. The first-order valence-corrected chi connectivity index (χ1v) is 10.1. The van der Waals surface area contributed by atoms with Crippen LogP contribution >= 0.6 is 15.9 Å². The Bertz CT molecular complexity index is 1200. The highest BCUT2D eigenvalue weighted by molar-refractivity contribution is 9.10. The number of rotatable bonds is 6. The van der Waals surface area contributed by atoms with Crippen LogP contribution in [-0.2, 0) is 17.9 Å². The molecule has 0 fully saturated rings. The average Bonchev–Trinajstić information content (AvgIpc) is 2.78. The van der Waals surface area contributed by atoms with Crippen molar-refractivity contribution in [1.29, 1.82) is 0 Å². The first kappa shape index (κ1) is 23.3. The molecule has 0 N–H and O–H groups in total. The Kier molecular flexibility index (Phi) is 7.18. The van der Waals surface area contributed by atoms with Crippen molar-refractivity contribution in [3.63, 3.8) is 0 Å². The predicted octanol–water partition coefficient (Wildman–Crippen LogP) is 3.82. The van der Waals surface area contributed by atoms with Gasteiger partial charge in [-0.1, -0.05) is 0 Å². The van der Waals surface area contributed by atoms with E-state index in [1.807, 2.05) is 0 Å². The van der Waals surface area contributed by atoms with Crippen LogP contribution < -0.4 is 15.2 Å². The van der Waals surface area contributed by atoms with Crippen LogP contribution in [0.5, 0.6) is 5.75 Å². The molecule has 1 amide bonds. The molecule has 168 valence electrons. The van der Waals surface area contributed by atoms with Crippen molar-refractivity contribution >= 4 is 27.8 Å². The van der Waals surface area contributed by atoms with E-state index in [0.717, 1.165) is 12.1 Å². The number of anilines is 1. The summed E-state index contributed by atoms with van der Waals surface area (Å²) in [6.07, 6.45) is 2.27.